The largest absolute Gasteiger partial charge is 0.323 e. The average molecular weight is 256 g/mol. The van der Waals surface area contributed by atoms with Gasteiger partial charge in [-0.1, -0.05) is 24.3 Å². The molecule has 92 valence electrons. The first-order chi connectivity index (χ1) is 8.75. The number of benzene rings is 1. The van der Waals surface area contributed by atoms with E-state index in [1.807, 2.05) is 30.9 Å². The number of pyridine rings is 1. The van der Waals surface area contributed by atoms with Gasteiger partial charge < -0.3 is 5.73 Å². The molecule has 1 aliphatic rings. The van der Waals surface area contributed by atoms with Gasteiger partial charge in [0.05, 0.1) is 0 Å². The molecule has 2 unspecified atom stereocenters. The van der Waals surface area contributed by atoms with Crippen molar-refractivity contribution in [2.45, 2.75) is 23.8 Å². The summed E-state index contributed by atoms with van der Waals surface area (Å²) in [5, 5.41) is 0. The van der Waals surface area contributed by atoms with E-state index >= 15 is 0 Å². The molecule has 2 aromatic rings. The summed E-state index contributed by atoms with van der Waals surface area (Å²) in [7, 11) is 0. The van der Waals surface area contributed by atoms with E-state index in [9.17, 15) is 0 Å². The summed E-state index contributed by atoms with van der Waals surface area (Å²) in [5.41, 5.74) is 9.96. The highest BCUT2D eigenvalue weighted by molar-refractivity contribution is 7.99. The van der Waals surface area contributed by atoms with Crippen molar-refractivity contribution in [3.05, 3.63) is 59.4 Å². The topological polar surface area (TPSA) is 38.9 Å². The molecule has 0 amide bonds. The van der Waals surface area contributed by atoms with Gasteiger partial charge in [-0.05, 0) is 30.2 Å². The molecule has 0 aliphatic carbocycles. The van der Waals surface area contributed by atoms with Gasteiger partial charge in [0.1, 0.15) is 0 Å². The van der Waals surface area contributed by atoms with Crippen LogP contribution < -0.4 is 5.73 Å². The Bertz CT molecular complexity index is 551. The van der Waals surface area contributed by atoms with E-state index in [-0.39, 0.29) is 6.04 Å². The Morgan fingerprint density at radius 3 is 2.89 bits per heavy atom. The highest BCUT2D eigenvalue weighted by Gasteiger charge is 2.28. The van der Waals surface area contributed by atoms with Gasteiger partial charge in [0.25, 0.3) is 0 Å². The lowest BCUT2D eigenvalue weighted by molar-refractivity contribution is 0.605. The maximum Gasteiger partial charge on any atom is 0.0388 e. The lowest BCUT2D eigenvalue weighted by Crippen LogP contribution is -2.20. The third-order valence-electron chi connectivity index (χ3n) is 3.49. The zero-order valence-corrected chi connectivity index (χ0v) is 11.2. The molecule has 2 heterocycles. The van der Waals surface area contributed by atoms with Crippen LogP contribution in [0, 0.1) is 6.92 Å². The van der Waals surface area contributed by atoms with Crippen molar-refractivity contribution >= 4 is 11.8 Å². The first-order valence-corrected chi connectivity index (χ1v) is 7.14. The van der Waals surface area contributed by atoms with Gasteiger partial charge >= 0.3 is 0 Å². The molecule has 1 aliphatic heterocycles. The van der Waals surface area contributed by atoms with Crippen LogP contribution >= 0.6 is 11.8 Å². The summed E-state index contributed by atoms with van der Waals surface area (Å²) in [6.45, 7) is 2.00. The van der Waals surface area contributed by atoms with Crippen molar-refractivity contribution in [3.63, 3.8) is 0 Å². The molecule has 3 rings (SSSR count). The van der Waals surface area contributed by atoms with Crippen molar-refractivity contribution in [3.8, 4) is 0 Å². The zero-order chi connectivity index (χ0) is 12.5. The number of aryl methyl sites for hydroxylation is 1. The first kappa shape index (κ1) is 11.8. The standard InChI is InChI=1S/C15H16N2S/c1-10-6-7-11(8-17-10)15(16)13-9-18-14-5-3-2-4-12(13)14/h2-8,13,15H,9,16H2,1H3. The fourth-order valence-electron chi connectivity index (χ4n) is 2.39. The molecule has 0 saturated heterocycles. The predicted molar refractivity (Wildman–Crippen MR) is 75.8 cm³/mol. The molecule has 0 bridgehead atoms. The van der Waals surface area contributed by atoms with Crippen molar-refractivity contribution in [2.24, 2.45) is 5.73 Å². The Hall–Kier alpha value is -1.32. The van der Waals surface area contributed by atoms with Gasteiger partial charge in [-0.3, -0.25) is 4.98 Å². The Morgan fingerprint density at radius 2 is 2.11 bits per heavy atom. The third-order valence-corrected chi connectivity index (χ3v) is 4.70. The molecule has 0 spiro atoms. The van der Waals surface area contributed by atoms with Gasteiger partial charge in [0.15, 0.2) is 0 Å². The van der Waals surface area contributed by atoms with E-state index in [0.29, 0.717) is 5.92 Å². The van der Waals surface area contributed by atoms with Crippen molar-refractivity contribution < 1.29 is 0 Å². The van der Waals surface area contributed by atoms with Crippen LogP contribution in [0.5, 0.6) is 0 Å². The maximum atomic E-state index is 6.41. The fraction of sp³-hybridized carbons (Fsp3) is 0.267. The first-order valence-electron chi connectivity index (χ1n) is 6.15. The fourth-order valence-corrected chi connectivity index (χ4v) is 3.70. The number of rotatable bonds is 2. The van der Waals surface area contributed by atoms with Crippen LogP contribution in [0.4, 0.5) is 0 Å². The smallest absolute Gasteiger partial charge is 0.0388 e. The molecular formula is C15H16N2S. The SMILES string of the molecule is Cc1ccc(C(N)C2CSc3ccccc32)cn1. The monoisotopic (exact) mass is 256 g/mol. The second kappa shape index (κ2) is 4.75. The Morgan fingerprint density at radius 1 is 1.28 bits per heavy atom. The quantitative estimate of drug-likeness (QED) is 0.896. The number of thioether (sulfide) groups is 1. The van der Waals surface area contributed by atoms with Crippen molar-refractivity contribution in [2.75, 3.05) is 5.75 Å². The van der Waals surface area contributed by atoms with E-state index in [4.69, 9.17) is 5.73 Å². The summed E-state index contributed by atoms with van der Waals surface area (Å²) < 4.78 is 0. The minimum absolute atomic E-state index is 0.0363. The van der Waals surface area contributed by atoms with Gasteiger partial charge in [0.2, 0.25) is 0 Å². The molecule has 0 fully saturated rings. The minimum Gasteiger partial charge on any atom is -0.323 e. The summed E-state index contributed by atoms with van der Waals surface area (Å²) in [6, 6.07) is 12.7. The molecule has 1 aromatic carbocycles. The third kappa shape index (κ3) is 2.04. The lowest BCUT2D eigenvalue weighted by Gasteiger charge is -2.19. The maximum absolute atomic E-state index is 6.41. The number of aromatic nitrogens is 1. The van der Waals surface area contributed by atoms with Crippen LogP contribution in [-0.2, 0) is 0 Å². The molecular weight excluding hydrogens is 240 g/mol. The van der Waals surface area contributed by atoms with E-state index in [1.54, 1.807) is 0 Å². The van der Waals surface area contributed by atoms with Crippen LogP contribution in [0.3, 0.4) is 0 Å². The van der Waals surface area contributed by atoms with Crippen molar-refractivity contribution in [1.29, 1.82) is 0 Å². The van der Waals surface area contributed by atoms with E-state index in [2.05, 4.69) is 35.3 Å². The Balaban J connectivity index is 1.90. The number of fused-ring (bicyclic) bond motifs is 1. The van der Waals surface area contributed by atoms with Crippen LogP contribution in [-0.4, -0.2) is 10.7 Å². The van der Waals surface area contributed by atoms with Gasteiger partial charge in [-0.25, -0.2) is 0 Å². The highest BCUT2D eigenvalue weighted by Crippen LogP contribution is 2.44. The second-order valence-electron chi connectivity index (χ2n) is 4.71. The number of nitrogens with two attached hydrogens (primary N) is 1. The molecule has 2 N–H and O–H groups in total. The highest BCUT2D eigenvalue weighted by atomic mass is 32.2. The Labute approximate surface area is 112 Å². The lowest BCUT2D eigenvalue weighted by atomic mass is 9.90. The Kier molecular flexibility index (Phi) is 3.10. The molecule has 2 atom stereocenters. The summed E-state index contributed by atoms with van der Waals surface area (Å²) in [4.78, 5) is 5.71. The normalized spacial score (nSPS) is 19.6. The van der Waals surface area contributed by atoms with Crippen LogP contribution in [0.2, 0.25) is 0 Å². The predicted octanol–water partition coefficient (Wildman–Crippen LogP) is 3.28. The zero-order valence-electron chi connectivity index (χ0n) is 10.3. The van der Waals surface area contributed by atoms with Crippen LogP contribution in [0.1, 0.15) is 28.8 Å². The van der Waals surface area contributed by atoms with Gasteiger partial charge in [-0.15, -0.1) is 11.8 Å². The average Bonchev–Trinajstić information content (AvgIpc) is 2.82. The molecule has 2 nitrogen and oxygen atoms in total. The summed E-state index contributed by atoms with van der Waals surface area (Å²) in [5.74, 6) is 1.46. The summed E-state index contributed by atoms with van der Waals surface area (Å²) >= 11 is 1.90. The van der Waals surface area contributed by atoms with E-state index in [0.717, 1.165) is 17.0 Å². The number of hydrogen-bond acceptors (Lipinski definition) is 3. The number of nitrogens with zero attached hydrogens (tertiary/aromatic N) is 1. The minimum atomic E-state index is 0.0363. The molecule has 0 radical (unpaired) electrons. The van der Waals surface area contributed by atoms with E-state index < -0.39 is 0 Å². The van der Waals surface area contributed by atoms with Crippen LogP contribution in [0.25, 0.3) is 0 Å². The van der Waals surface area contributed by atoms with Crippen molar-refractivity contribution in [1.82, 2.24) is 4.98 Å². The summed E-state index contributed by atoms with van der Waals surface area (Å²) in [6.07, 6.45) is 1.91. The molecule has 3 heteroatoms. The molecule has 0 saturated carbocycles. The van der Waals surface area contributed by atoms with Gasteiger partial charge in [-0.2, -0.15) is 0 Å². The van der Waals surface area contributed by atoms with Gasteiger partial charge in [0, 0.05) is 34.5 Å². The van der Waals surface area contributed by atoms with E-state index in [1.165, 1.54) is 10.5 Å². The number of hydrogen-bond donors (Lipinski definition) is 1. The second-order valence-corrected chi connectivity index (χ2v) is 5.78. The molecule has 18 heavy (non-hydrogen) atoms. The molecule has 1 aromatic heterocycles. The van der Waals surface area contributed by atoms with Crippen LogP contribution in [0.15, 0.2) is 47.5 Å².